The van der Waals surface area contributed by atoms with Gasteiger partial charge in [0, 0.05) is 6.42 Å². The predicted molar refractivity (Wildman–Crippen MR) is 281 cm³/mol. The molecule has 0 fully saturated rings. The number of quaternary nitrogens is 1. The second-order valence-corrected chi connectivity index (χ2v) is 21.8. The molecule has 0 aliphatic carbocycles. The molecule has 0 saturated heterocycles. The molecule has 0 radical (unpaired) electrons. The van der Waals surface area contributed by atoms with E-state index in [1.807, 2.05) is 27.2 Å². The van der Waals surface area contributed by atoms with Gasteiger partial charge in [-0.15, -0.1) is 0 Å². The van der Waals surface area contributed by atoms with E-state index >= 15 is 0 Å². The molecule has 0 spiro atoms. The standard InChI is InChI=1S/C56H109N2O6P/c1-6-8-10-12-14-16-18-19-20-21-22-23-24-25-26-27-28-29-30-31-32-33-34-35-36-37-38-39-40-42-44-46-48-50-56(60)57-54(53-64-65(61,62)63-52-51-58(3,4)5)55(59)49-47-45-43-41-17-15-13-11-9-7-2/h17,21-22,41,47,49,54-55,59H,6-16,18-20,23-40,42-46,48,50-53H2,1-5H3,(H-,57,60,61,62)/p+1/b22-21-,41-17+,49-47+. The molecule has 8 nitrogen and oxygen atoms in total. The van der Waals surface area contributed by atoms with Crippen LogP contribution in [0.4, 0.5) is 0 Å². The third kappa shape index (κ3) is 50.4. The second kappa shape index (κ2) is 47.8. The summed E-state index contributed by atoms with van der Waals surface area (Å²) in [4.78, 5) is 23.2. The summed E-state index contributed by atoms with van der Waals surface area (Å²) in [5.41, 5.74) is 0. The molecule has 0 aromatic rings. The zero-order chi connectivity index (χ0) is 47.8. The SMILES string of the molecule is CCCCCC/C=C/CC/C=C/C(O)C(COP(=O)(O)OCC[N+](C)(C)C)NC(=O)CCCCCCCCCCCCCCCCCCCCCCC/C=C\CCCCCCCCCC. The van der Waals surface area contributed by atoms with Crippen molar-refractivity contribution in [2.75, 3.05) is 40.9 Å². The Labute approximate surface area is 404 Å². The third-order valence-corrected chi connectivity index (χ3v) is 13.6. The van der Waals surface area contributed by atoms with E-state index in [1.54, 1.807) is 6.08 Å². The number of hydrogen-bond donors (Lipinski definition) is 3. The van der Waals surface area contributed by atoms with Crippen LogP contribution in [0.15, 0.2) is 36.5 Å². The summed E-state index contributed by atoms with van der Waals surface area (Å²) >= 11 is 0. The molecule has 0 aromatic heterocycles. The van der Waals surface area contributed by atoms with E-state index in [0.717, 1.165) is 38.5 Å². The van der Waals surface area contributed by atoms with Crippen molar-refractivity contribution in [2.45, 2.75) is 276 Å². The minimum Gasteiger partial charge on any atom is -0.387 e. The van der Waals surface area contributed by atoms with Crippen LogP contribution < -0.4 is 5.32 Å². The van der Waals surface area contributed by atoms with E-state index in [9.17, 15) is 19.4 Å². The lowest BCUT2D eigenvalue weighted by Crippen LogP contribution is -2.45. The number of likely N-dealkylation sites (N-methyl/N-ethyl adjacent to an activating group) is 1. The fourth-order valence-corrected chi connectivity index (χ4v) is 8.91. The molecule has 0 bridgehead atoms. The number of rotatable bonds is 51. The van der Waals surface area contributed by atoms with Crippen LogP contribution in [0.2, 0.25) is 0 Å². The first-order valence-corrected chi connectivity index (χ1v) is 29.4. The smallest absolute Gasteiger partial charge is 0.387 e. The van der Waals surface area contributed by atoms with E-state index in [0.29, 0.717) is 17.4 Å². The normalized spacial score (nSPS) is 14.3. The van der Waals surface area contributed by atoms with Crippen LogP contribution in [0, 0.1) is 0 Å². The van der Waals surface area contributed by atoms with Crippen LogP contribution in [0.1, 0.15) is 264 Å². The van der Waals surface area contributed by atoms with Gasteiger partial charge in [-0.25, -0.2) is 4.57 Å². The molecule has 65 heavy (non-hydrogen) atoms. The molecule has 9 heteroatoms. The van der Waals surface area contributed by atoms with Crippen molar-refractivity contribution in [2.24, 2.45) is 0 Å². The van der Waals surface area contributed by atoms with Crippen LogP contribution in [-0.4, -0.2) is 73.4 Å². The maximum Gasteiger partial charge on any atom is 0.472 e. The molecule has 384 valence electrons. The third-order valence-electron chi connectivity index (χ3n) is 12.6. The summed E-state index contributed by atoms with van der Waals surface area (Å²) in [7, 11) is 1.56. The van der Waals surface area contributed by atoms with E-state index in [2.05, 4.69) is 43.5 Å². The van der Waals surface area contributed by atoms with E-state index in [-0.39, 0.29) is 19.1 Å². The molecule has 3 N–H and O–H groups in total. The lowest BCUT2D eigenvalue weighted by molar-refractivity contribution is -0.870. The molecule has 3 unspecified atom stereocenters. The maximum atomic E-state index is 12.9. The van der Waals surface area contributed by atoms with E-state index in [1.165, 1.54) is 205 Å². The minimum absolute atomic E-state index is 0.0572. The summed E-state index contributed by atoms with van der Waals surface area (Å²) in [5.74, 6) is -0.185. The molecule has 0 aliphatic rings. The first-order valence-electron chi connectivity index (χ1n) is 27.9. The van der Waals surface area contributed by atoms with Gasteiger partial charge in [0.05, 0.1) is 39.9 Å². The summed E-state index contributed by atoms with van der Waals surface area (Å²) in [5, 5.41) is 13.8. The van der Waals surface area contributed by atoms with Crippen molar-refractivity contribution >= 4 is 13.7 Å². The number of carbonyl (C=O) groups excluding carboxylic acids is 1. The van der Waals surface area contributed by atoms with Crippen LogP contribution in [0.5, 0.6) is 0 Å². The molecular formula is C56H110N2O6P+. The van der Waals surface area contributed by atoms with Gasteiger partial charge in [-0.2, -0.15) is 0 Å². The average molecular weight is 938 g/mol. The highest BCUT2D eigenvalue weighted by atomic mass is 31.2. The van der Waals surface area contributed by atoms with Crippen molar-refractivity contribution in [1.29, 1.82) is 0 Å². The Morgan fingerprint density at radius 1 is 0.508 bits per heavy atom. The summed E-state index contributed by atoms with van der Waals surface area (Å²) in [6.07, 6.45) is 61.3. The van der Waals surface area contributed by atoms with Crippen LogP contribution in [0.25, 0.3) is 0 Å². The molecule has 0 heterocycles. The number of nitrogens with zero attached hydrogens (tertiary/aromatic N) is 1. The number of hydrogen-bond acceptors (Lipinski definition) is 5. The quantitative estimate of drug-likeness (QED) is 0.0243. The van der Waals surface area contributed by atoms with Gasteiger partial charge in [0.15, 0.2) is 0 Å². The number of carbonyl (C=O) groups is 1. The topological polar surface area (TPSA) is 105 Å². The lowest BCUT2D eigenvalue weighted by Gasteiger charge is -2.25. The van der Waals surface area contributed by atoms with Crippen molar-refractivity contribution < 1.29 is 32.9 Å². The average Bonchev–Trinajstić information content (AvgIpc) is 3.26. The number of allylic oxidation sites excluding steroid dienone is 5. The number of phosphoric ester groups is 1. The maximum absolute atomic E-state index is 12.9. The molecule has 1 amide bonds. The fourth-order valence-electron chi connectivity index (χ4n) is 8.17. The van der Waals surface area contributed by atoms with E-state index < -0.39 is 20.0 Å². The summed E-state index contributed by atoms with van der Waals surface area (Å²) < 4.78 is 23.6. The first kappa shape index (κ1) is 63.7. The Morgan fingerprint density at radius 2 is 0.846 bits per heavy atom. The number of phosphoric acid groups is 1. The first-order chi connectivity index (χ1) is 31.5. The van der Waals surface area contributed by atoms with Gasteiger partial charge in [-0.3, -0.25) is 13.8 Å². The van der Waals surface area contributed by atoms with Gasteiger partial charge in [0.25, 0.3) is 0 Å². The number of aliphatic hydroxyl groups excluding tert-OH is 1. The fraction of sp³-hybridized carbons (Fsp3) is 0.875. The van der Waals surface area contributed by atoms with Gasteiger partial charge < -0.3 is 19.8 Å². The van der Waals surface area contributed by atoms with E-state index in [4.69, 9.17) is 9.05 Å². The van der Waals surface area contributed by atoms with Gasteiger partial charge in [-0.05, 0) is 57.8 Å². The highest BCUT2D eigenvalue weighted by Crippen LogP contribution is 2.43. The predicted octanol–water partition coefficient (Wildman–Crippen LogP) is 16.6. The molecule has 3 atom stereocenters. The van der Waals surface area contributed by atoms with Crippen LogP contribution >= 0.6 is 7.82 Å². The number of unbranched alkanes of at least 4 members (excludes halogenated alkanes) is 34. The highest BCUT2D eigenvalue weighted by Gasteiger charge is 2.27. The molecule has 0 rings (SSSR count). The Balaban J connectivity index is 3.93. The molecule has 0 aromatic carbocycles. The second-order valence-electron chi connectivity index (χ2n) is 20.3. The van der Waals surface area contributed by atoms with Crippen LogP contribution in [0.3, 0.4) is 0 Å². The monoisotopic (exact) mass is 938 g/mol. The number of aliphatic hydroxyl groups is 1. The summed E-state index contributed by atoms with van der Waals surface area (Å²) in [6.45, 7) is 4.77. The molecule has 0 aliphatic heterocycles. The van der Waals surface area contributed by atoms with Crippen molar-refractivity contribution in [3.05, 3.63) is 36.5 Å². The Morgan fingerprint density at radius 3 is 1.25 bits per heavy atom. The summed E-state index contributed by atoms with van der Waals surface area (Å²) in [6, 6.07) is -0.859. The molecular weight excluding hydrogens is 828 g/mol. The Hall–Kier alpha value is -1.28. The van der Waals surface area contributed by atoms with Gasteiger partial charge >= 0.3 is 7.82 Å². The van der Waals surface area contributed by atoms with Gasteiger partial charge in [0.2, 0.25) is 5.91 Å². The Kier molecular flexibility index (Phi) is 46.8. The highest BCUT2D eigenvalue weighted by molar-refractivity contribution is 7.47. The van der Waals surface area contributed by atoms with Crippen molar-refractivity contribution in [1.82, 2.24) is 5.32 Å². The zero-order valence-corrected chi connectivity index (χ0v) is 44.6. The number of amides is 1. The largest absolute Gasteiger partial charge is 0.472 e. The Bertz CT molecular complexity index is 1150. The molecule has 0 saturated carbocycles. The minimum atomic E-state index is -4.34. The van der Waals surface area contributed by atoms with Crippen molar-refractivity contribution in [3.63, 3.8) is 0 Å². The zero-order valence-electron chi connectivity index (χ0n) is 43.7. The van der Waals surface area contributed by atoms with Gasteiger partial charge in [-0.1, -0.05) is 237 Å². The lowest BCUT2D eigenvalue weighted by atomic mass is 10.0. The van der Waals surface area contributed by atoms with Crippen LogP contribution in [-0.2, 0) is 18.4 Å². The van der Waals surface area contributed by atoms with Gasteiger partial charge in [0.1, 0.15) is 13.2 Å². The van der Waals surface area contributed by atoms with Crippen molar-refractivity contribution in [3.8, 4) is 0 Å². The number of nitrogens with one attached hydrogen (secondary N) is 1.